The summed E-state index contributed by atoms with van der Waals surface area (Å²) in [6.45, 7) is 6.05. The molecule has 0 heterocycles. The molecule has 0 amide bonds. The van der Waals surface area contributed by atoms with Crippen LogP contribution >= 0.6 is 11.8 Å². The van der Waals surface area contributed by atoms with Crippen LogP contribution in [0.1, 0.15) is 39.2 Å². The van der Waals surface area contributed by atoms with Crippen molar-refractivity contribution in [2.24, 2.45) is 0 Å². The summed E-state index contributed by atoms with van der Waals surface area (Å²) in [5.74, 6) is 0.284. The number of benzene rings is 1. The van der Waals surface area contributed by atoms with E-state index in [1.807, 2.05) is 11.8 Å². The normalized spacial score (nSPS) is 10.8. The van der Waals surface area contributed by atoms with Crippen LogP contribution in [0, 0.1) is 0 Å². The summed E-state index contributed by atoms with van der Waals surface area (Å²) in [4.78, 5) is 12.1. The van der Waals surface area contributed by atoms with E-state index in [1.54, 1.807) is 6.92 Å². The van der Waals surface area contributed by atoms with E-state index in [4.69, 9.17) is 0 Å². The van der Waals surface area contributed by atoms with E-state index in [0.717, 1.165) is 12.8 Å². The molecule has 0 spiro atoms. The zero-order valence-electron chi connectivity index (χ0n) is 10.3. The molecule has 1 aromatic rings. The summed E-state index contributed by atoms with van der Waals surface area (Å²) in [7, 11) is 0. The Kier molecular flexibility index (Phi) is 5.61. The van der Waals surface area contributed by atoms with Crippen molar-refractivity contribution >= 4 is 17.5 Å². The van der Waals surface area contributed by atoms with Crippen molar-refractivity contribution in [1.82, 2.24) is 0 Å². The minimum Gasteiger partial charge on any atom is -0.300 e. The van der Waals surface area contributed by atoms with E-state index in [0.29, 0.717) is 11.7 Å². The molecule has 88 valence electrons. The fourth-order valence-corrected chi connectivity index (χ4v) is 2.39. The summed E-state index contributed by atoms with van der Waals surface area (Å²) in [5, 5.41) is 0.628. The van der Waals surface area contributed by atoms with Crippen molar-refractivity contribution in [3.63, 3.8) is 0 Å². The lowest BCUT2D eigenvalue weighted by molar-refractivity contribution is -0.117. The quantitative estimate of drug-likeness (QED) is 0.692. The number of hydrogen-bond donors (Lipinski definition) is 0. The molecule has 1 rings (SSSR count). The largest absolute Gasteiger partial charge is 0.300 e. The first kappa shape index (κ1) is 13.3. The molecule has 0 unspecified atom stereocenters. The van der Waals surface area contributed by atoms with Crippen LogP contribution in [0.25, 0.3) is 0 Å². The second-order valence-electron chi connectivity index (χ2n) is 4.37. The fraction of sp³-hybridized carbons (Fsp3) is 0.500. The molecule has 0 radical (unpaired) electrons. The van der Waals surface area contributed by atoms with Crippen LogP contribution in [0.2, 0.25) is 0 Å². The van der Waals surface area contributed by atoms with Crippen molar-refractivity contribution in [2.75, 3.05) is 0 Å². The Morgan fingerprint density at radius 1 is 1.25 bits per heavy atom. The molecule has 0 saturated carbocycles. The Bertz CT molecular complexity index is 327. The third-order valence-corrected chi connectivity index (χ3v) is 3.31. The summed E-state index contributed by atoms with van der Waals surface area (Å²) >= 11 is 1.88. The molecule has 2 heteroatoms. The van der Waals surface area contributed by atoms with Gasteiger partial charge in [0.1, 0.15) is 5.78 Å². The lowest BCUT2D eigenvalue weighted by atomic mass is 10.1. The monoisotopic (exact) mass is 236 g/mol. The van der Waals surface area contributed by atoms with Gasteiger partial charge in [0.2, 0.25) is 0 Å². The van der Waals surface area contributed by atoms with Crippen LogP contribution in [-0.2, 0) is 11.2 Å². The van der Waals surface area contributed by atoms with E-state index < -0.39 is 0 Å². The third kappa shape index (κ3) is 5.36. The van der Waals surface area contributed by atoms with E-state index in [2.05, 4.69) is 38.1 Å². The molecule has 0 aliphatic carbocycles. The molecular formula is C14H20OS. The van der Waals surface area contributed by atoms with Crippen LogP contribution < -0.4 is 0 Å². The molecule has 1 nitrogen and oxygen atoms in total. The first-order valence-corrected chi connectivity index (χ1v) is 6.71. The van der Waals surface area contributed by atoms with Crippen molar-refractivity contribution < 1.29 is 4.79 Å². The van der Waals surface area contributed by atoms with Gasteiger partial charge < -0.3 is 4.79 Å². The lowest BCUT2D eigenvalue weighted by Gasteiger charge is -2.06. The Morgan fingerprint density at radius 2 is 1.88 bits per heavy atom. The van der Waals surface area contributed by atoms with E-state index in [9.17, 15) is 4.79 Å². The Morgan fingerprint density at radius 3 is 2.38 bits per heavy atom. The summed E-state index contributed by atoms with van der Waals surface area (Å²) in [5.41, 5.74) is 1.33. The molecule has 1 aromatic carbocycles. The Balaban J connectivity index is 2.42. The van der Waals surface area contributed by atoms with Gasteiger partial charge >= 0.3 is 0 Å². The Hall–Kier alpha value is -0.760. The SMILES string of the molecule is CC(=O)CCCc1ccc(SC(C)C)cc1. The molecule has 0 N–H and O–H groups in total. The number of thioether (sulfide) groups is 1. The van der Waals surface area contributed by atoms with Crippen molar-refractivity contribution in [2.45, 2.75) is 50.2 Å². The maximum absolute atomic E-state index is 10.8. The smallest absolute Gasteiger partial charge is 0.129 e. The molecule has 0 saturated heterocycles. The van der Waals surface area contributed by atoms with E-state index in [-0.39, 0.29) is 5.78 Å². The van der Waals surface area contributed by atoms with Gasteiger partial charge in [0.25, 0.3) is 0 Å². The summed E-state index contributed by atoms with van der Waals surface area (Å²) < 4.78 is 0. The van der Waals surface area contributed by atoms with Gasteiger partial charge in [0, 0.05) is 16.6 Å². The molecule has 16 heavy (non-hydrogen) atoms. The van der Waals surface area contributed by atoms with Gasteiger partial charge in [0.05, 0.1) is 0 Å². The van der Waals surface area contributed by atoms with Gasteiger partial charge in [-0.15, -0.1) is 11.8 Å². The van der Waals surface area contributed by atoms with Gasteiger partial charge in [-0.05, 0) is 37.5 Å². The molecule has 0 aromatic heterocycles. The third-order valence-electron chi connectivity index (χ3n) is 2.29. The zero-order valence-corrected chi connectivity index (χ0v) is 11.1. The number of aryl methyl sites for hydroxylation is 1. The van der Waals surface area contributed by atoms with Gasteiger partial charge in [-0.1, -0.05) is 26.0 Å². The number of carbonyl (C=O) groups is 1. The van der Waals surface area contributed by atoms with Crippen LogP contribution in [0.3, 0.4) is 0 Å². The first-order valence-electron chi connectivity index (χ1n) is 5.83. The molecule has 0 atom stereocenters. The van der Waals surface area contributed by atoms with Crippen LogP contribution in [0.5, 0.6) is 0 Å². The second kappa shape index (κ2) is 6.74. The maximum Gasteiger partial charge on any atom is 0.129 e. The minimum atomic E-state index is 0.284. The van der Waals surface area contributed by atoms with Crippen molar-refractivity contribution in [1.29, 1.82) is 0 Å². The molecule has 0 aliphatic heterocycles. The average Bonchev–Trinajstić information content (AvgIpc) is 2.19. The first-order chi connectivity index (χ1) is 7.58. The van der Waals surface area contributed by atoms with Gasteiger partial charge in [-0.2, -0.15) is 0 Å². The highest BCUT2D eigenvalue weighted by molar-refractivity contribution is 7.99. The maximum atomic E-state index is 10.8. The van der Waals surface area contributed by atoms with Crippen LogP contribution in [0.15, 0.2) is 29.2 Å². The number of carbonyl (C=O) groups excluding carboxylic acids is 1. The molecule has 0 fully saturated rings. The highest BCUT2D eigenvalue weighted by Gasteiger charge is 1.99. The standard InChI is InChI=1S/C14H20OS/c1-11(2)16-14-9-7-13(8-10-14)6-4-5-12(3)15/h7-11H,4-6H2,1-3H3. The molecular weight excluding hydrogens is 216 g/mol. The highest BCUT2D eigenvalue weighted by atomic mass is 32.2. The summed E-state index contributed by atoms with van der Waals surface area (Å²) in [6.07, 6.45) is 2.67. The number of hydrogen-bond acceptors (Lipinski definition) is 2. The number of Topliss-reactive ketones (excluding diaryl/α,β-unsaturated/α-hetero) is 1. The summed E-state index contributed by atoms with van der Waals surface area (Å²) in [6, 6.07) is 8.69. The number of ketones is 1. The molecule has 0 aliphatic rings. The fourth-order valence-electron chi connectivity index (χ4n) is 1.55. The second-order valence-corrected chi connectivity index (χ2v) is 6.02. The minimum absolute atomic E-state index is 0.284. The van der Waals surface area contributed by atoms with Crippen molar-refractivity contribution in [3.05, 3.63) is 29.8 Å². The van der Waals surface area contributed by atoms with E-state index in [1.165, 1.54) is 10.5 Å². The van der Waals surface area contributed by atoms with Gasteiger partial charge in [-0.3, -0.25) is 0 Å². The number of rotatable bonds is 6. The average molecular weight is 236 g/mol. The van der Waals surface area contributed by atoms with Gasteiger partial charge in [-0.25, -0.2) is 0 Å². The topological polar surface area (TPSA) is 17.1 Å². The lowest BCUT2D eigenvalue weighted by Crippen LogP contribution is -1.92. The highest BCUT2D eigenvalue weighted by Crippen LogP contribution is 2.23. The molecule has 0 bridgehead atoms. The van der Waals surface area contributed by atoms with Gasteiger partial charge in [0.15, 0.2) is 0 Å². The van der Waals surface area contributed by atoms with Crippen LogP contribution in [-0.4, -0.2) is 11.0 Å². The predicted octanol–water partition coefficient (Wildman–Crippen LogP) is 4.10. The zero-order chi connectivity index (χ0) is 12.0. The Labute approximate surface area is 103 Å². The van der Waals surface area contributed by atoms with E-state index >= 15 is 0 Å². The van der Waals surface area contributed by atoms with Crippen LogP contribution in [0.4, 0.5) is 0 Å². The predicted molar refractivity (Wildman–Crippen MR) is 71.1 cm³/mol. The van der Waals surface area contributed by atoms with Crippen molar-refractivity contribution in [3.8, 4) is 0 Å².